The number of anilines is 1. The van der Waals surface area contributed by atoms with Crippen LogP contribution >= 0.6 is 11.3 Å². The number of nitrogens with two attached hydrogens (primary N) is 1. The van der Waals surface area contributed by atoms with Crippen molar-refractivity contribution in [2.75, 3.05) is 12.3 Å². The van der Waals surface area contributed by atoms with Crippen LogP contribution in [0.25, 0.3) is 10.2 Å². The SMILES string of the molecule is C#CCOC(=O)c1c(C)nc2sc3c(c2c1N)CCC3. The topological polar surface area (TPSA) is 65.2 Å². The lowest BCUT2D eigenvalue weighted by Crippen LogP contribution is -2.12. The van der Waals surface area contributed by atoms with E-state index in [4.69, 9.17) is 16.9 Å². The van der Waals surface area contributed by atoms with Crippen LogP contribution in [0.3, 0.4) is 0 Å². The van der Waals surface area contributed by atoms with Crippen LogP contribution in [-0.2, 0) is 17.6 Å². The van der Waals surface area contributed by atoms with Gasteiger partial charge in [-0.1, -0.05) is 5.92 Å². The van der Waals surface area contributed by atoms with Crippen molar-refractivity contribution in [3.05, 3.63) is 21.7 Å². The van der Waals surface area contributed by atoms with E-state index in [1.54, 1.807) is 18.3 Å². The largest absolute Gasteiger partial charge is 0.449 e. The van der Waals surface area contributed by atoms with Crippen molar-refractivity contribution in [1.82, 2.24) is 4.98 Å². The third-order valence-corrected chi connectivity index (χ3v) is 4.75. The van der Waals surface area contributed by atoms with Gasteiger partial charge in [-0.15, -0.1) is 17.8 Å². The van der Waals surface area contributed by atoms with Gasteiger partial charge in [0.15, 0.2) is 6.61 Å². The normalized spacial score (nSPS) is 13.2. The number of carbonyl (C=O) groups excluding carboxylic acids is 1. The Morgan fingerprint density at radius 2 is 2.35 bits per heavy atom. The highest BCUT2D eigenvalue weighted by Gasteiger charge is 2.25. The lowest BCUT2D eigenvalue weighted by molar-refractivity contribution is 0.0557. The molecule has 2 N–H and O–H groups in total. The molecule has 0 spiro atoms. The third kappa shape index (κ3) is 1.84. The molecule has 5 heteroatoms. The Labute approximate surface area is 121 Å². The van der Waals surface area contributed by atoms with Crippen LogP contribution < -0.4 is 5.73 Å². The maximum absolute atomic E-state index is 12.1. The Hall–Kier alpha value is -2.06. The van der Waals surface area contributed by atoms with E-state index in [-0.39, 0.29) is 6.61 Å². The van der Waals surface area contributed by atoms with Crippen molar-refractivity contribution >= 4 is 33.2 Å². The van der Waals surface area contributed by atoms with Crippen molar-refractivity contribution in [3.63, 3.8) is 0 Å². The van der Waals surface area contributed by atoms with Gasteiger partial charge in [0.1, 0.15) is 10.4 Å². The number of aryl methyl sites for hydroxylation is 3. The second-order valence-corrected chi connectivity index (χ2v) is 5.89. The number of nitrogen functional groups attached to an aromatic ring is 1. The van der Waals surface area contributed by atoms with Gasteiger partial charge in [0, 0.05) is 10.3 Å². The minimum atomic E-state index is -0.495. The van der Waals surface area contributed by atoms with Crippen LogP contribution in [-0.4, -0.2) is 17.6 Å². The molecule has 4 nitrogen and oxygen atoms in total. The van der Waals surface area contributed by atoms with Crippen molar-refractivity contribution in [1.29, 1.82) is 0 Å². The zero-order chi connectivity index (χ0) is 14.3. The molecule has 0 saturated heterocycles. The minimum absolute atomic E-state index is 0.0580. The fourth-order valence-corrected chi connectivity index (χ4v) is 4.04. The Kier molecular flexibility index (Phi) is 3.11. The highest BCUT2D eigenvalue weighted by molar-refractivity contribution is 7.19. The molecule has 3 rings (SSSR count). The number of esters is 1. The number of hydrogen-bond donors (Lipinski definition) is 1. The number of ether oxygens (including phenoxy) is 1. The number of rotatable bonds is 2. The average molecular weight is 286 g/mol. The van der Waals surface area contributed by atoms with Crippen LogP contribution in [0, 0.1) is 19.3 Å². The fourth-order valence-electron chi connectivity index (χ4n) is 2.71. The summed E-state index contributed by atoms with van der Waals surface area (Å²) in [4.78, 5) is 18.8. The van der Waals surface area contributed by atoms with E-state index in [1.807, 2.05) is 0 Å². The standard InChI is InChI=1S/C15H14N2O2S/c1-3-7-19-15(18)11-8(2)17-14-12(13(11)16)9-5-4-6-10(9)20-14/h1H,4-7H2,2H3,(H2,16,17). The van der Waals surface area contributed by atoms with Gasteiger partial charge in [0.05, 0.1) is 11.4 Å². The van der Waals surface area contributed by atoms with E-state index in [2.05, 4.69) is 10.9 Å². The first kappa shape index (κ1) is 12.9. The fraction of sp³-hybridized carbons (Fsp3) is 0.333. The number of aromatic nitrogens is 1. The Morgan fingerprint density at radius 3 is 3.10 bits per heavy atom. The van der Waals surface area contributed by atoms with Gasteiger partial charge in [-0.05, 0) is 31.7 Å². The predicted molar refractivity (Wildman–Crippen MR) is 79.9 cm³/mol. The van der Waals surface area contributed by atoms with Crippen molar-refractivity contribution in [3.8, 4) is 12.3 Å². The molecule has 1 aliphatic carbocycles. The first-order valence-corrected chi connectivity index (χ1v) is 7.26. The van der Waals surface area contributed by atoms with E-state index in [1.165, 1.54) is 10.4 Å². The number of hydrogen-bond acceptors (Lipinski definition) is 5. The van der Waals surface area contributed by atoms with Gasteiger partial charge in [0.2, 0.25) is 0 Å². The molecule has 0 unspecified atom stereocenters. The van der Waals surface area contributed by atoms with Gasteiger partial charge in [-0.2, -0.15) is 0 Å². The molecule has 0 aromatic carbocycles. The Bertz CT molecular complexity index is 756. The molecule has 2 aromatic heterocycles. The predicted octanol–water partition coefficient (Wildman–Crippen LogP) is 2.47. The Balaban J connectivity index is 2.18. The third-order valence-electron chi connectivity index (χ3n) is 3.56. The number of pyridine rings is 1. The maximum atomic E-state index is 12.1. The molecule has 20 heavy (non-hydrogen) atoms. The van der Waals surface area contributed by atoms with Crippen LogP contribution in [0.15, 0.2) is 0 Å². The van der Waals surface area contributed by atoms with Crippen molar-refractivity contribution < 1.29 is 9.53 Å². The van der Waals surface area contributed by atoms with Crippen LogP contribution in [0.5, 0.6) is 0 Å². The molecule has 2 heterocycles. The summed E-state index contributed by atoms with van der Waals surface area (Å²) in [6.45, 7) is 1.71. The molecule has 0 fully saturated rings. The summed E-state index contributed by atoms with van der Waals surface area (Å²) < 4.78 is 4.99. The number of thiophene rings is 1. The van der Waals surface area contributed by atoms with Crippen molar-refractivity contribution in [2.24, 2.45) is 0 Å². The molecule has 102 valence electrons. The molecule has 0 aliphatic heterocycles. The Morgan fingerprint density at radius 1 is 1.55 bits per heavy atom. The number of nitrogens with zero attached hydrogens (tertiary/aromatic N) is 1. The number of fused-ring (bicyclic) bond motifs is 3. The van der Waals surface area contributed by atoms with Gasteiger partial charge < -0.3 is 10.5 Å². The molecule has 0 amide bonds. The van der Waals surface area contributed by atoms with Gasteiger partial charge in [0.25, 0.3) is 0 Å². The molecule has 0 bridgehead atoms. The summed E-state index contributed by atoms with van der Waals surface area (Å²) in [5.41, 5.74) is 8.90. The van der Waals surface area contributed by atoms with Gasteiger partial charge in [-0.25, -0.2) is 9.78 Å². The second kappa shape index (κ2) is 4.80. The summed E-state index contributed by atoms with van der Waals surface area (Å²) in [7, 11) is 0. The van der Waals surface area contributed by atoms with Crippen LogP contribution in [0.2, 0.25) is 0 Å². The van der Waals surface area contributed by atoms with Crippen LogP contribution in [0.1, 0.15) is 32.9 Å². The van der Waals surface area contributed by atoms with E-state index >= 15 is 0 Å². The first-order valence-electron chi connectivity index (χ1n) is 6.44. The first-order chi connectivity index (χ1) is 9.63. The molecular formula is C15H14N2O2S. The average Bonchev–Trinajstić information content (AvgIpc) is 2.95. The van der Waals surface area contributed by atoms with Gasteiger partial charge >= 0.3 is 5.97 Å². The monoisotopic (exact) mass is 286 g/mol. The number of carbonyl (C=O) groups is 1. The zero-order valence-electron chi connectivity index (χ0n) is 11.2. The minimum Gasteiger partial charge on any atom is -0.449 e. The summed E-state index contributed by atoms with van der Waals surface area (Å²) >= 11 is 1.68. The smallest absolute Gasteiger partial charge is 0.343 e. The highest BCUT2D eigenvalue weighted by atomic mass is 32.1. The van der Waals surface area contributed by atoms with E-state index in [0.717, 1.165) is 29.5 Å². The summed E-state index contributed by atoms with van der Waals surface area (Å²) in [5, 5.41) is 0.931. The van der Waals surface area contributed by atoms with E-state index in [0.29, 0.717) is 16.9 Å². The maximum Gasteiger partial charge on any atom is 0.343 e. The summed E-state index contributed by atoms with van der Waals surface area (Å²) in [6, 6.07) is 0. The quantitative estimate of drug-likeness (QED) is 0.680. The van der Waals surface area contributed by atoms with E-state index in [9.17, 15) is 4.79 Å². The van der Waals surface area contributed by atoms with E-state index < -0.39 is 5.97 Å². The lowest BCUT2D eigenvalue weighted by atomic mass is 10.1. The summed E-state index contributed by atoms with van der Waals surface area (Å²) in [5.74, 6) is 1.78. The highest BCUT2D eigenvalue weighted by Crippen LogP contribution is 2.41. The second-order valence-electron chi connectivity index (χ2n) is 4.80. The molecule has 2 aromatic rings. The summed E-state index contributed by atoms with van der Waals surface area (Å²) in [6.07, 6.45) is 8.32. The van der Waals surface area contributed by atoms with Gasteiger partial charge in [-0.3, -0.25) is 0 Å². The number of terminal acetylenes is 1. The zero-order valence-corrected chi connectivity index (χ0v) is 12.0. The molecule has 1 aliphatic rings. The molecule has 0 radical (unpaired) electrons. The van der Waals surface area contributed by atoms with Crippen LogP contribution in [0.4, 0.5) is 5.69 Å². The van der Waals surface area contributed by atoms with Crippen molar-refractivity contribution in [2.45, 2.75) is 26.2 Å². The molecule has 0 atom stereocenters. The lowest BCUT2D eigenvalue weighted by Gasteiger charge is -2.09. The molecule has 0 saturated carbocycles. The molecular weight excluding hydrogens is 272 g/mol.